The van der Waals surface area contributed by atoms with Crippen LogP contribution in [0.4, 0.5) is 0 Å². The van der Waals surface area contributed by atoms with Gasteiger partial charge in [0.1, 0.15) is 5.75 Å². The molecule has 118 valence electrons. The van der Waals surface area contributed by atoms with Crippen molar-refractivity contribution in [3.05, 3.63) is 47.2 Å². The number of pyridine rings is 1. The highest BCUT2D eigenvalue weighted by atomic mass is 16.5. The first-order chi connectivity index (χ1) is 10.5. The molecule has 0 radical (unpaired) electrons. The summed E-state index contributed by atoms with van der Waals surface area (Å²) < 4.78 is 5.46. The number of nitrogens with zero attached hydrogens (tertiary/aromatic N) is 1. The quantitative estimate of drug-likeness (QED) is 0.871. The smallest absolute Gasteiger partial charge is 0.128 e. The summed E-state index contributed by atoms with van der Waals surface area (Å²) in [5, 5.41) is 3.47. The first-order valence-electron chi connectivity index (χ1n) is 7.83. The van der Waals surface area contributed by atoms with E-state index in [0.717, 1.165) is 35.8 Å². The number of aromatic nitrogens is 1. The zero-order valence-electron chi connectivity index (χ0n) is 14.2. The normalized spacial score (nSPS) is 11.0. The van der Waals surface area contributed by atoms with Crippen LogP contribution in [0.2, 0.25) is 0 Å². The second-order valence-electron chi connectivity index (χ2n) is 6.17. The molecule has 0 aliphatic heterocycles. The van der Waals surface area contributed by atoms with Crippen LogP contribution >= 0.6 is 0 Å². The van der Waals surface area contributed by atoms with Gasteiger partial charge in [0.25, 0.3) is 0 Å². The number of benzene rings is 1. The molecule has 0 unspecified atom stereocenters. The SMILES string of the molecule is COc1ccc(C)cc1-c1ccc(CNCC(C)C)c(C)n1. The van der Waals surface area contributed by atoms with Crippen LogP contribution in [0, 0.1) is 19.8 Å². The molecule has 0 atom stereocenters. The van der Waals surface area contributed by atoms with Crippen LogP contribution in [-0.2, 0) is 6.54 Å². The standard InChI is InChI=1S/C19H26N2O/c1-13(2)11-20-12-16-7-8-18(21-15(16)4)17-10-14(3)6-9-19(17)22-5/h6-10,13,20H,11-12H2,1-5H3. The van der Waals surface area contributed by atoms with Gasteiger partial charge in [-0.3, -0.25) is 4.98 Å². The number of ether oxygens (including phenoxy) is 1. The second-order valence-corrected chi connectivity index (χ2v) is 6.17. The average molecular weight is 298 g/mol. The van der Waals surface area contributed by atoms with Crippen molar-refractivity contribution in [2.24, 2.45) is 5.92 Å². The van der Waals surface area contributed by atoms with E-state index in [2.05, 4.69) is 57.3 Å². The van der Waals surface area contributed by atoms with E-state index in [9.17, 15) is 0 Å². The van der Waals surface area contributed by atoms with Gasteiger partial charge in [0.05, 0.1) is 12.8 Å². The van der Waals surface area contributed by atoms with E-state index in [1.165, 1.54) is 11.1 Å². The lowest BCUT2D eigenvalue weighted by atomic mass is 10.0. The molecule has 0 aliphatic rings. The van der Waals surface area contributed by atoms with Crippen LogP contribution in [0.3, 0.4) is 0 Å². The third-order valence-corrected chi connectivity index (χ3v) is 3.69. The maximum absolute atomic E-state index is 5.46. The Labute approximate surface area is 133 Å². The van der Waals surface area contributed by atoms with Crippen molar-refractivity contribution >= 4 is 0 Å². The molecule has 1 N–H and O–H groups in total. The maximum atomic E-state index is 5.46. The fourth-order valence-corrected chi connectivity index (χ4v) is 2.44. The topological polar surface area (TPSA) is 34.1 Å². The minimum Gasteiger partial charge on any atom is -0.496 e. The van der Waals surface area contributed by atoms with Gasteiger partial charge >= 0.3 is 0 Å². The van der Waals surface area contributed by atoms with Gasteiger partial charge in [-0.1, -0.05) is 31.5 Å². The molecule has 0 saturated heterocycles. The van der Waals surface area contributed by atoms with Gasteiger partial charge in [0.15, 0.2) is 0 Å². The maximum Gasteiger partial charge on any atom is 0.128 e. The molecule has 0 saturated carbocycles. The lowest BCUT2D eigenvalue weighted by molar-refractivity contribution is 0.416. The zero-order chi connectivity index (χ0) is 16.1. The third kappa shape index (κ3) is 4.08. The molecule has 2 aromatic rings. The summed E-state index contributed by atoms with van der Waals surface area (Å²) in [4.78, 5) is 4.77. The molecule has 3 nitrogen and oxygen atoms in total. The van der Waals surface area contributed by atoms with E-state index in [1.54, 1.807) is 7.11 Å². The minimum atomic E-state index is 0.657. The fraction of sp³-hybridized carbons (Fsp3) is 0.421. The summed E-state index contributed by atoms with van der Waals surface area (Å²) >= 11 is 0. The Morgan fingerprint density at radius 2 is 1.91 bits per heavy atom. The summed E-state index contributed by atoms with van der Waals surface area (Å²) in [6.07, 6.45) is 0. The van der Waals surface area contributed by atoms with Gasteiger partial charge in [-0.25, -0.2) is 0 Å². The number of rotatable bonds is 6. The Hall–Kier alpha value is -1.87. The molecule has 1 aromatic carbocycles. The van der Waals surface area contributed by atoms with Crippen molar-refractivity contribution in [1.82, 2.24) is 10.3 Å². The highest BCUT2D eigenvalue weighted by molar-refractivity contribution is 5.68. The second kappa shape index (κ2) is 7.41. The van der Waals surface area contributed by atoms with Crippen molar-refractivity contribution in [2.75, 3.05) is 13.7 Å². The van der Waals surface area contributed by atoms with Crippen molar-refractivity contribution in [2.45, 2.75) is 34.2 Å². The number of hydrogen-bond donors (Lipinski definition) is 1. The molecule has 1 heterocycles. The van der Waals surface area contributed by atoms with Crippen molar-refractivity contribution in [3.63, 3.8) is 0 Å². The number of aryl methyl sites for hydroxylation is 2. The number of methoxy groups -OCH3 is 1. The Morgan fingerprint density at radius 3 is 2.55 bits per heavy atom. The van der Waals surface area contributed by atoms with Crippen molar-refractivity contribution in [3.8, 4) is 17.0 Å². The van der Waals surface area contributed by atoms with Crippen molar-refractivity contribution < 1.29 is 4.74 Å². The Kier molecular flexibility index (Phi) is 5.56. The van der Waals surface area contributed by atoms with Crippen LogP contribution in [0.1, 0.15) is 30.7 Å². The van der Waals surface area contributed by atoms with E-state index in [1.807, 2.05) is 6.07 Å². The summed E-state index contributed by atoms with van der Waals surface area (Å²) in [5.74, 6) is 1.52. The molecular weight excluding hydrogens is 272 g/mol. The van der Waals surface area contributed by atoms with Crippen LogP contribution in [0.5, 0.6) is 5.75 Å². The first kappa shape index (κ1) is 16.5. The average Bonchev–Trinajstić information content (AvgIpc) is 2.48. The summed E-state index contributed by atoms with van der Waals surface area (Å²) in [7, 11) is 1.70. The van der Waals surface area contributed by atoms with Crippen LogP contribution in [-0.4, -0.2) is 18.6 Å². The highest BCUT2D eigenvalue weighted by Gasteiger charge is 2.09. The molecule has 0 amide bonds. The largest absolute Gasteiger partial charge is 0.496 e. The molecule has 22 heavy (non-hydrogen) atoms. The summed E-state index contributed by atoms with van der Waals surface area (Å²) in [6.45, 7) is 10.5. The predicted octanol–water partition coefficient (Wildman–Crippen LogP) is 4.12. The van der Waals surface area contributed by atoms with Gasteiger partial charge in [-0.05, 0) is 50.1 Å². The van der Waals surface area contributed by atoms with E-state index in [0.29, 0.717) is 5.92 Å². The molecule has 3 heteroatoms. The monoisotopic (exact) mass is 298 g/mol. The molecular formula is C19H26N2O. The lowest BCUT2D eigenvalue weighted by Gasteiger charge is -2.13. The van der Waals surface area contributed by atoms with Crippen LogP contribution in [0.25, 0.3) is 11.3 Å². The Morgan fingerprint density at radius 1 is 1.14 bits per heavy atom. The van der Waals surface area contributed by atoms with Gasteiger partial charge < -0.3 is 10.1 Å². The van der Waals surface area contributed by atoms with E-state index >= 15 is 0 Å². The minimum absolute atomic E-state index is 0.657. The molecule has 2 rings (SSSR count). The Bertz CT molecular complexity index is 635. The third-order valence-electron chi connectivity index (χ3n) is 3.69. The van der Waals surface area contributed by atoms with E-state index in [-0.39, 0.29) is 0 Å². The molecule has 1 aromatic heterocycles. The zero-order valence-corrected chi connectivity index (χ0v) is 14.2. The first-order valence-corrected chi connectivity index (χ1v) is 7.83. The van der Waals surface area contributed by atoms with E-state index in [4.69, 9.17) is 9.72 Å². The van der Waals surface area contributed by atoms with Gasteiger partial charge in [0, 0.05) is 17.8 Å². The number of hydrogen-bond acceptors (Lipinski definition) is 3. The summed E-state index contributed by atoms with van der Waals surface area (Å²) in [6, 6.07) is 10.4. The molecule has 0 fully saturated rings. The summed E-state index contributed by atoms with van der Waals surface area (Å²) in [5.41, 5.74) is 5.53. The fourth-order valence-electron chi connectivity index (χ4n) is 2.44. The van der Waals surface area contributed by atoms with Gasteiger partial charge in [-0.2, -0.15) is 0 Å². The number of nitrogens with one attached hydrogen (secondary N) is 1. The van der Waals surface area contributed by atoms with Crippen LogP contribution in [0.15, 0.2) is 30.3 Å². The van der Waals surface area contributed by atoms with Gasteiger partial charge in [0.2, 0.25) is 0 Å². The lowest BCUT2D eigenvalue weighted by Crippen LogP contribution is -2.19. The molecule has 0 aliphatic carbocycles. The van der Waals surface area contributed by atoms with E-state index < -0.39 is 0 Å². The predicted molar refractivity (Wildman–Crippen MR) is 92.2 cm³/mol. The molecule has 0 bridgehead atoms. The highest BCUT2D eigenvalue weighted by Crippen LogP contribution is 2.30. The van der Waals surface area contributed by atoms with Crippen LogP contribution < -0.4 is 10.1 Å². The Balaban J connectivity index is 2.24. The van der Waals surface area contributed by atoms with Gasteiger partial charge in [-0.15, -0.1) is 0 Å². The molecule has 0 spiro atoms. The van der Waals surface area contributed by atoms with Crippen molar-refractivity contribution in [1.29, 1.82) is 0 Å².